The first-order chi connectivity index (χ1) is 8.70. The second-order valence-corrected chi connectivity index (χ2v) is 5.75. The fourth-order valence-corrected chi connectivity index (χ4v) is 2.93. The van der Waals surface area contributed by atoms with Crippen LogP contribution in [0, 0.1) is 0 Å². The normalized spacial score (nSPS) is 12.8. The van der Waals surface area contributed by atoms with Gasteiger partial charge in [0, 0.05) is 6.04 Å². The van der Waals surface area contributed by atoms with Crippen LogP contribution in [0.3, 0.4) is 0 Å². The van der Waals surface area contributed by atoms with E-state index in [1.54, 1.807) is 11.3 Å². The standard InChI is InChI=1S/C13H18ClN3S/c1-3-4-5-6-9(2)15-11-10-7-8-18-12(10)17-13(14)16-11/h7-9H,3-6H2,1-2H3,(H,15,16,17). The lowest BCUT2D eigenvalue weighted by Crippen LogP contribution is -2.16. The highest BCUT2D eigenvalue weighted by atomic mass is 35.5. The molecule has 3 nitrogen and oxygen atoms in total. The van der Waals surface area contributed by atoms with Crippen LogP contribution in [0.1, 0.15) is 39.5 Å². The summed E-state index contributed by atoms with van der Waals surface area (Å²) in [5.41, 5.74) is 0. The Kier molecular flexibility index (Phi) is 4.78. The SMILES string of the molecule is CCCCCC(C)Nc1nc(Cl)nc2sccc12. The van der Waals surface area contributed by atoms with Crippen molar-refractivity contribution in [1.82, 2.24) is 9.97 Å². The van der Waals surface area contributed by atoms with Gasteiger partial charge in [0.15, 0.2) is 0 Å². The summed E-state index contributed by atoms with van der Waals surface area (Å²) < 4.78 is 0. The number of unbranched alkanes of at least 4 members (excludes halogenated alkanes) is 2. The van der Waals surface area contributed by atoms with Crippen LogP contribution in [0.2, 0.25) is 5.28 Å². The monoisotopic (exact) mass is 283 g/mol. The van der Waals surface area contributed by atoms with Crippen LogP contribution in [-0.4, -0.2) is 16.0 Å². The van der Waals surface area contributed by atoms with E-state index >= 15 is 0 Å². The lowest BCUT2D eigenvalue weighted by atomic mass is 10.1. The third kappa shape index (κ3) is 3.33. The second-order valence-electron chi connectivity index (χ2n) is 4.52. The first-order valence-corrected chi connectivity index (χ1v) is 7.63. The topological polar surface area (TPSA) is 37.8 Å². The third-order valence-electron chi connectivity index (χ3n) is 2.92. The van der Waals surface area contributed by atoms with Crippen molar-refractivity contribution in [3.63, 3.8) is 0 Å². The molecule has 2 rings (SSSR count). The van der Waals surface area contributed by atoms with Gasteiger partial charge in [-0.1, -0.05) is 26.2 Å². The lowest BCUT2D eigenvalue weighted by Gasteiger charge is -2.14. The van der Waals surface area contributed by atoms with E-state index in [4.69, 9.17) is 11.6 Å². The van der Waals surface area contributed by atoms with E-state index in [1.807, 2.05) is 11.4 Å². The molecule has 2 heterocycles. The Balaban J connectivity index is 2.08. The van der Waals surface area contributed by atoms with Crippen LogP contribution in [0.4, 0.5) is 5.82 Å². The molecule has 1 atom stereocenters. The van der Waals surface area contributed by atoms with E-state index in [0.717, 1.165) is 22.5 Å². The number of hydrogen-bond donors (Lipinski definition) is 1. The third-order valence-corrected chi connectivity index (χ3v) is 3.90. The van der Waals surface area contributed by atoms with Crippen molar-refractivity contribution in [2.45, 2.75) is 45.6 Å². The Morgan fingerprint density at radius 3 is 3.00 bits per heavy atom. The minimum atomic E-state index is 0.313. The predicted octanol–water partition coefficient (Wildman–Crippen LogP) is 4.73. The first-order valence-electron chi connectivity index (χ1n) is 6.38. The molecule has 0 aliphatic heterocycles. The number of aromatic nitrogens is 2. The highest BCUT2D eigenvalue weighted by Crippen LogP contribution is 2.27. The lowest BCUT2D eigenvalue weighted by molar-refractivity contribution is 0.614. The van der Waals surface area contributed by atoms with Gasteiger partial charge in [0.1, 0.15) is 10.6 Å². The molecule has 5 heteroatoms. The van der Waals surface area contributed by atoms with Crippen LogP contribution in [0.5, 0.6) is 0 Å². The number of thiophene rings is 1. The van der Waals surface area contributed by atoms with Crippen LogP contribution in [0.15, 0.2) is 11.4 Å². The average Bonchev–Trinajstić information content (AvgIpc) is 2.77. The summed E-state index contributed by atoms with van der Waals surface area (Å²) in [5, 5.41) is 6.83. The summed E-state index contributed by atoms with van der Waals surface area (Å²) in [5.74, 6) is 0.857. The smallest absolute Gasteiger partial charge is 0.225 e. The van der Waals surface area contributed by atoms with Crippen LogP contribution >= 0.6 is 22.9 Å². The predicted molar refractivity (Wildman–Crippen MR) is 79.7 cm³/mol. The maximum atomic E-state index is 5.94. The first kappa shape index (κ1) is 13.6. The molecule has 0 aliphatic carbocycles. The Morgan fingerprint density at radius 2 is 2.22 bits per heavy atom. The van der Waals surface area contributed by atoms with Crippen molar-refractivity contribution in [3.8, 4) is 0 Å². The number of anilines is 1. The Hall–Kier alpha value is -0.870. The summed E-state index contributed by atoms with van der Waals surface area (Å²) in [4.78, 5) is 9.45. The zero-order valence-electron chi connectivity index (χ0n) is 10.7. The molecule has 0 radical (unpaired) electrons. The molecule has 0 saturated heterocycles. The molecule has 0 amide bonds. The molecule has 0 spiro atoms. The maximum absolute atomic E-state index is 5.94. The van der Waals surface area contributed by atoms with Gasteiger partial charge in [-0.25, -0.2) is 9.97 Å². The van der Waals surface area contributed by atoms with Gasteiger partial charge in [0.05, 0.1) is 5.39 Å². The van der Waals surface area contributed by atoms with Crippen molar-refractivity contribution in [2.24, 2.45) is 0 Å². The second kappa shape index (κ2) is 6.34. The summed E-state index contributed by atoms with van der Waals surface area (Å²) in [6.07, 6.45) is 4.93. The number of halogens is 1. The number of fused-ring (bicyclic) bond motifs is 1. The van der Waals surface area contributed by atoms with E-state index < -0.39 is 0 Å². The average molecular weight is 284 g/mol. The maximum Gasteiger partial charge on any atom is 0.225 e. The fraction of sp³-hybridized carbons (Fsp3) is 0.538. The minimum absolute atomic E-state index is 0.313. The highest BCUT2D eigenvalue weighted by Gasteiger charge is 2.10. The van der Waals surface area contributed by atoms with Gasteiger partial charge in [-0.3, -0.25) is 0 Å². The summed E-state index contributed by atoms with van der Waals surface area (Å²) >= 11 is 7.52. The van der Waals surface area contributed by atoms with Crippen LogP contribution in [-0.2, 0) is 0 Å². The molecule has 1 N–H and O–H groups in total. The number of nitrogens with one attached hydrogen (secondary N) is 1. The largest absolute Gasteiger partial charge is 0.367 e. The molecule has 2 aromatic heterocycles. The fourth-order valence-electron chi connectivity index (χ4n) is 1.95. The summed E-state index contributed by atoms with van der Waals surface area (Å²) in [7, 11) is 0. The van der Waals surface area contributed by atoms with Crippen molar-refractivity contribution in [3.05, 3.63) is 16.7 Å². The van der Waals surface area contributed by atoms with E-state index in [0.29, 0.717) is 11.3 Å². The zero-order valence-corrected chi connectivity index (χ0v) is 12.3. The Bertz CT molecular complexity index is 512. The Labute approximate surface area is 117 Å². The molecule has 2 aromatic rings. The molecule has 18 heavy (non-hydrogen) atoms. The van der Waals surface area contributed by atoms with Crippen molar-refractivity contribution in [1.29, 1.82) is 0 Å². The van der Waals surface area contributed by atoms with Crippen LogP contribution in [0.25, 0.3) is 10.2 Å². The molecule has 1 unspecified atom stereocenters. The van der Waals surface area contributed by atoms with E-state index in [-0.39, 0.29) is 0 Å². The molecular formula is C13H18ClN3S. The van der Waals surface area contributed by atoms with Crippen LogP contribution < -0.4 is 5.32 Å². The minimum Gasteiger partial charge on any atom is -0.367 e. The summed E-state index contributed by atoms with van der Waals surface area (Å²) in [6, 6.07) is 2.45. The molecular weight excluding hydrogens is 266 g/mol. The van der Waals surface area contributed by atoms with E-state index in [1.165, 1.54) is 19.3 Å². The zero-order chi connectivity index (χ0) is 13.0. The number of hydrogen-bond acceptors (Lipinski definition) is 4. The van der Waals surface area contributed by atoms with Crippen molar-refractivity contribution >= 4 is 39.0 Å². The molecule has 0 bridgehead atoms. The molecule has 0 aliphatic rings. The van der Waals surface area contributed by atoms with Gasteiger partial charge in [-0.05, 0) is 36.4 Å². The summed E-state index contributed by atoms with van der Waals surface area (Å²) in [6.45, 7) is 4.40. The number of nitrogens with zero attached hydrogens (tertiary/aromatic N) is 2. The highest BCUT2D eigenvalue weighted by molar-refractivity contribution is 7.16. The van der Waals surface area contributed by atoms with E-state index in [2.05, 4.69) is 29.1 Å². The van der Waals surface area contributed by atoms with Crippen molar-refractivity contribution in [2.75, 3.05) is 5.32 Å². The van der Waals surface area contributed by atoms with Gasteiger partial charge in [0.25, 0.3) is 0 Å². The molecule has 0 aromatic carbocycles. The van der Waals surface area contributed by atoms with Gasteiger partial charge in [-0.2, -0.15) is 0 Å². The van der Waals surface area contributed by atoms with Gasteiger partial charge < -0.3 is 5.32 Å². The van der Waals surface area contributed by atoms with Gasteiger partial charge in [0.2, 0.25) is 5.28 Å². The van der Waals surface area contributed by atoms with E-state index in [9.17, 15) is 0 Å². The molecule has 0 saturated carbocycles. The number of rotatable bonds is 6. The van der Waals surface area contributed by atoms with Crippen molar-refractivity contribution < 1.29 is 0 Å². The van der Waals surface area contributed by atoms with Gasteiger partial charge >= 0.3 is 0 Å². The molecule has 98 valence electrons. The Morgan fingerprint density at radius 1 is 1.39 bits per heavy atom. The quantitative estimate of drug-likeness (QED) is 0.615. The van der Waals surface area contributed by atoms with Gasteiger partial charge in [-0.15, -0.1) is 11.3 Å². The molecule has 0 fully saturated rings.